The summed E-state index contributed by atoms with van der Waals surface area (Å²) in [5, 5.41) is 0.651. The van der Waals surface area contributed by atoms with Crippen LogP contribution in [0.15, 0.2) is 60.9 Å². The number of benzene rings is 2. The van der Waals surface area contributed by atoms with E-state index in [1.54, 1.807) is 18.5 Å². The molecule has 5 heteroatoms. The molecule has 0 amide bonds. The predicted octanol–water partition coefficient (Wildman–Crippen LogP) is 3.98. The van der Waals surface area contributed by atoms with Crippen molar-refractivity contribution in [3.8, 4) is 16.9 Å². The molecule has 0 atom stereocenters. The van der Waals surface area contributed by atoms with Gasteiger partial charge in [-0.1, -0.05) is 41.9 Å². The van der Waals surface area contributed by atoms with Gasteiger partial charge in [-0.25, -0.2) is 9.78 Å². The molecule has 0 fully saturated rings. The SMILES string of the molecule is COC(=O)c1ncn(-c2ccc(Cl)cc2)c1-c1ccccc1. The molecule has 110 valence electrons. The Bertz CT molecular complexity index is 795. The molecule has 0 N–H and O–H groups in total. The van der Waals surface area contributed by atoms with E-state index in [4.69, 9.17) is 16.3 Å². The van der Waals surface area contributed by atoms with Crippen molar-refractivity contribution in [3.63, 3.8) is 0 Å². The maximum Gasteiger partial charge on any atom is 0.358 e. The number of rotatable bonds is 3. The summed E-state index contributed by atoms with van der Waals surface area (Å²) in [6, 6.07) is 16.9. The van der Waals surface area contributed by atoms with E-state index in [1.807, 2.05) is 47.0 Å². The van der Waals surface area contributed by atoms with Crippen LogP contribution in [0.5, 0.6) is 0 Å². The lowest BCUT2D eigenvalue weighted by Gasteiger charge is -2.10. The smallest absolute Gasteiger partial charge is 0.358 e. The summed E-state index contributed by atoms with van der Waals surface area (Å²) in [6.07, 6.45) is 1.61. The van der Waals surface area contributed by atoms with Gasteiger partial charge < -0.3 is 4.74 Å². The van der Waals surface area contributed by atoms with Gasteiger partial charge in [0.15, 0.2) is 5.69 Å². The zero-order valence-corrected chi connectivity index (χ0v) is 12.6. The van der Waals surface area contributed by atoms with Gasteiger partial charge in [0.25, 0.3) is 0 Å². The molecule has 22 heavy (non-hydrogen) atoms. The van der Waals surface area contributed by atoms with Crippen LogP contribution in [-0.2, 0) is 4.74 Å². The summed E-state index contributed by atoms with van der Waals surface area (Å²) in [5.41, 5.74) is 2.72. The first kappa shape index (κ1) is 14.4. The number of imidazole rings is 1. The van der Waals surface area contributed by atoms with Crippen LogP contribution in [0, 0.1) is 0 Å². The molecule has 0 saturated heterocycles. The molecule has 0 aliphatic rings. The molecule has 0 aliphatic heterocycles. The van der Waals surface area contributed by atoms with E-state index in [9.17, 15) is 4.79 Å². The summed E-state index contributed by atoms with van der Waals surface area (Å²) in [5.74, 6) is -0.466. The van der Waals surface area contributed by atoms with E-state index in [0.29, 0.717) is 10.7 Å². The summed E-state index contributed by atoms with van der Waals surface area (Å²) in [7, 11) is 1.35. The maximum absolute atomic E-state index is 12.0. The van der Waals surface area contributed by atoms with Gasteiger partial charge >= 0.3 is 5.97 Å². The van der Waals surface area contributed by atoms with Gasteiger partial charge in [0.1, 0.15) is 6.33 Å². The number of halogens is 1. The minimum Gasteiger partial charge on any atom is -0.464 e. The first-order chi connectivity index (χ1) is 10.7. The zero-order chi connectivity index (χ0) is 15.5. The maximum atomic E-state index is 12.0. The minimum atomic E-state index is -0.466. The van der Waals surface area contributed by atoms with Crippen molar-refractivity contribution in [2.75, 3.05) is 7.11 Å². The van der Waals surface area contributed by atoms with Crippen molar-refractivity contribution in [1.29, 1.82) is 0 Å². The summed E-state index contributed by atoms with van der Waals surface area (Å²) < 4.78 is 6.68. The van der Waals surface area contributed by atoms with Gasteiger partial charge in [-0.05, 0) is 24.3 Å². The van der Waals surface area contributed by atoms with Gasteiger partial charge in [-0.15, -0.1) is 0 Å². The van der Waals surface area contributed by atoms with E-state index < -0.39 is 5.97 Å². The topological polar surface area (TPSA) is 44.1 Å². The second-order valence-corrected chi connectivity index (χ2v) is 5.08. The number of nitrogens with zero attached hydrogens (tertiary/aromatic N) is 2. The number of carbonyl (C=O) groups is 1. The van der Waals surface area contributed by atoms with Crippen molar-refractivity contribution in [1.82, 2.24) is 9.55 Å². The molecule has 0 aliphatic carbocycles. The van der Waals surface area contributed by atoms with Crippen LogP contribution in [-0.4, -0.2) is 22.6 Å². The van der Waals surface area contributed by atoms with Crippen LogP contribution in [0.3, 0.4) is 0 Å². The Balaban J connectivity index is 2.21. The molecule has 0 bridgehead atoms. The Kier molecular flexibility index (Phi) is 3.94. The fourth-order valence-electron chi connectivity index (χ4n) is 2.26. The number of esters is 1. The van der Waals surface area contributed by atoms with Crippen LogP contribution in [0.25, 0.3) is 16.9 Å². The summed E-state index contributed by atoms with van der Waals surface area (Å²) in [4.78, 5) is 16.2. The average Bonchev–Trinajstić information content (AvgIpc) is 3.00. The van der Waals surface area contributed by atoms with Crippen LogP contribution in [0.4, 0.5) is 0 Å². The first-order valence-electron chi connectivity index (χ1n) is 6.67. The van der Waals surface area contributed by atoms with Crippen molar-refractivity contribution in [3.05, 3.63) is 71.6 Å². The van der Waals surface area contributed by atoms with Gasteiger partial charge in [0, 0.05) is 16.3 Å². The third-order valence-electron chi connectivity index (χ3n) is 3.30. The minimum absolute atomic E-state index is 0.281. The largest absolute Gasteiger partial charge is 0.464 e. The molecule has 0 unspecified atom stereocenters. The molecule has 0 saturated carbocycles. The fourth-order valence-corrected chi connectivity index (χ4v) is 2.39. The normalized spacial score (nSPS) is 10.5. The highest BCUT2D eigenvalue weighted by Gasteiger charge is 2.20. The Labute approximate surface area is 132 Å². The Hall–Kier alpha value is -2.59. The highest BCUT2D eigenvalue weighted by molar-refractivity contribution is 6.30. The molecule has 4 nitrogen and oxygen atoms in total. The summed E-state index contributed by atoms with van der Waals surface area (Å²) >= 11 is 5.94. The lowest BCUT2D eigenvalue weighted by atomic mass is 10.1. The van der Waals surface area contributed by atoms with E-state index in [1.165, 1.54) is 7.11 Å². The lowest BCUT2D eigenvalue weighted by Crippen LogP contribution is -2.05. The number of methoxy groups -OCH3 is 1. The third-order valence-corrected chi connectivity index (χ3v) is 3.55. The predicted molar refractivity (Wildman–Crippen MR) is 85.3 cm³/mol. The Morgan fingerprint density at radius 2 is 1.77 bits per heavy atom. The highest BCUT2D eigenvalue weighted by Crippen LogP contribution is 2.27. The molecule has 1 aromatic heterocycles. The number of carbonyl (C=O) groups excluding carboxylic acids is 1. The van der Waals surface area contributed by atoms with E-state index in [2.05, 4.69) is 4.98 Å². The van der Waals surface area contributed by atoms with Crippen LogP contribution in [0.2, 0.25) is 5.02 Å². The molecule has 3 aromatic rings. The van der Waals surface area contributed by atoms with Crippen molar-refractivity contribution < 1.29 is 9.53 Å². The van der Waals surface area contributed by atoms with Crippen LogP contribution < -0.4 is 0 Å². The molecule has 0 spiro atoms. The van der Waals surface area contributed by atoms with Crippen LogP contribution >= 0.6 is 11.6 Å². The zero-order valence-electron chi connectivity index (χ0n) is 11.9. The third kappa shape index (κ3) is 2.61. The van der Waals surface area contributed by atoms with E-state index in [-0.39, 0.29) is 5.69 Å². The number of hydrogen-bond donors (Lipinski definition) is 0. The molecule has 0 radical (unpaired) electrons. The van der Waals surface area contributed by atoms with Crippen molar-refractivity contribution in [2.24, 2.45) is 0 Å². The molecular weight excluding hydrogens is 300 g/mol. The lowest BCUT2D eigenvalue weighted by molar-refractivity contribution is 0.0595. The fraction of sp³-hybridized carbons (Fsp3) is 0.0588. The average molecular weight is 313 g/mol. The quantitative estimate of drug-likeness (QED) is 0.687. The monoisotopic (exact) mass is 312 g/mol. The summed E-state index contributed by atoms with van der Waals surface area (Å²) in [6.45, 7) is 0. The number of aromatic nitrogens is 2. The van der Waals surface area contributed by atoms with E-state index >= 15 is 0 Å². The second-order valence-electron chi connectivity index (χ2n) is 4.65. The standard InChI is InChI=1S/C17H13ClN2O2/c1-22-17(21)15-16(12-5-3-2-4-6-12)20(11-19-15)14-9-7-13(18)8-10-14/h2-11H,1H3. The second kappa shape index (κ2) is 6.03. The van der Waals surface area contributed by atoms with E-state index in [0.717, 1.165) is 11.3 Å². The number of ether oxygens (including phenoxy) is 1. The van der Waals surface area contributed by atoms with Gasteiger partial charge in [0.2, 0.25) is 0 Å². The highest BCUT2D eigenvalue weighted by atomic mass is 35.5. The van der Waals surface area contributed by atoms with Crippen molar-refractivity contribution in [2.45, 2.75) is 0 Å². The Morgan fingerprint density at radius 3 is 2.41 bits per heavy atom. The first-order valence-corrected chi connectivity index (χ1v) is 7.05. The van der Waals surface area contributed by atoms with Crippen LogP contribution in [0.1, 0.15) is 10.5 Å². The van der Waals surface area contributed by atoms with Gasteiger partial charge in [-0.2, -0.15) is 0 Å². The Morgan fingerprint density at radius 1 is 1.09 bits per heavy atom. The number of hydrogen-bond acceptors (Lipinski definition) is 3. The van der Waals surface area contributed by atoms with Gasteiger partial charge in [0.05, 0.1) is 12.8 Å². The molecule has 3 rings (SSSR count). The molecule has 2 aromatic carbocycles. The molecule has 1 heterocycles. The molecular formula is C17H13ClN2O2. The van der Waals surface area contributed by atoms with Gasteiger partial charge in [-0.3, -0.25) is 4.57 Å². The van der Waals surface area contributed by atoms with Crippen molar-refractivity contribution >= 4 is 17.6 Å².